The van der Waals surface area contributed by atoms with Gasteiger partial charge in [0.2, 0.25) is 0 Å². The Hall–Kier alpha value is -1.55. The number of benzene rings is 1. The smallest absolute Gasteiger partial charge is 0.253 e. The summed E-state index contributed by atoms with van der Waals surface area (Å²) in [6.07, 6.45) is 1.71. The number of hydrogen-bond acceptors (Lipinski definition) is 3. The molecule has 0 aromatic heterocycles. The predicted molar refractivity (Wildman–Crippen MR) is 71.7 cm³/mol. The van der Waals surface area contributed by atoms with E-state index in [1.54, 1.807) is 6.07 Å². The summed E-state index contributed by atoms with van der Waals surface area (Å²) in [5.74, 6) is -0.120. The van der Waals surface area contributed by atoms with E-state index >= 15 is 0 Å². The van der Waals surface area contributed by atoms with Gasteiger partial charge in [0.05, 0.1) is 17.7 Å². The summed E-state index contributed by atoms with van der Waals surface area (Å²) in [5.41, 5.74) is 1.09. The average Bonchev–Trinajstić information content (AvgIpc) is 3.09. The number of nitrogens with one attached hydrogen (secondary N) is 2. The molecule has 18 heavy (non-hydrogen) atoms. The second-order valence-corrected chi connectivity index (χ2v) is 5.24. The van der Waals surface area contributed by atoms with E-state index in [0.29, 0.717) is 5.56 Å². The van der Waals surface area contributed by atoms with Crippen LogP contribution in [0.2, 0.25) is 0 Å². The van der Waals surface area contributed by atoms with Crippen LogP contribution in [0.25, 0.3) is 0 Å². The molecular formula is C14H20N2O2. The molecule has 0 atom stereocenters. The van der Waals surface area contributed by atoms with Crippen molar-refractivity contribution in [1.82, 2.24) is 5.32 Å². The van der Waals surface area contributed by atoms with Gasteiger partial charge in [-0.1, -0.05) is 12.1 Å². The first-order chi connectivity index (χ1) is 8.56. The van der Waals surface area contributed by atoms with E-state index in [4.69, 9.17) is 0 Å². The van der Waals surface area contributed by atoms with Crippen molar-refractivity contribution in [3.8, 4) is 0 Å². The van der Waals surface area contributed by atoms with Crippen molar-refractivity contribution in [2.75, 3.05) is 11.9 Å². The minimum absolute atomic E-state index is 0.0124. The first-order valence-corrected chi connectivity index (χ1v) is 6.35. The molecule has 3 N–H and O–H groups in total. The minimum atomic E-state index is -0.373. The van der Waals surface area contributed by atoms with Crippen LogP contribution in [0.5, 0.6) is 0 Å². The maximum absolute atomic E-state index is 12.2. The molecule has 0 radical (unpaired) electrons. The molecule has 1 aromatic rings. The maximum atomic E-state index is 12.2. The second kappa shape index (κ2) is 4.98. The Morgan fingerprint density at radius 3 is 2.61 bits per heavy atom. The van der Waals surface area contributed by atoms with Gasteiger partial charge in [0.25, 0.3) is 5.91 Å². The number of aliphatic hydroxyl groups is 1. The number of carbonyl (C=O) groups is 1. The number of amides is 1. The van der Waals surface area contributed by atoms with E-state index in [-0.39, 0.29) is 24.1 Å². The molecule has 1 aliphatic carbocycles. The monoisotopic (exact) mass is 248 g/mol. The largest absolute Gasteiger partial charge is 0.394 e. The summed E-state index contributed by atoms with van der Waals surface area (Å²) in [7, 11) is 0. The number of rotatable bonds is 5. The molecule has 0 bridgehead atoms. The lowest BCUT2D eigenvalue weighted by Crippen LogP contribution is -2.39. The van der Waals surface area contributed by atoms with Gasteiger partial charge >= 0.3 is 0 Å². The molecule has 4 nitrogen and oxygen atoms in total. The lowest BCUT2D eigenvalue weighted by Gasteiger charge is -2.18. The van der Waals surface area contributed by atoms with Crippen molar-refractivity contribution in [1.29, 1.82) is 0 Å². The van der Waals surface area contributed by atoms with Crippen LogP contribution in [-0.2, 0) is 0 Å². The summed E-state index contributed by atoms with van der Waals surface area (Å²) in [5, 5.41) is 15.4. The Kier molecular flexibility index (Phi) is 3.57. The minimum Gasteiger partial charge on any atom is -0.394 e. The van der Waals surface area contributed by atoms with Crippen LogP contribution < -0.4 is 10.6 Å². The zero-order chi connectivity index (χ0) is 13.2. The topological polar surface area (TPSA) is 61.4 Å². The van der Waals surface area contributed by atoms with Crippen LogP contribution in [0.3, 0.4) is 0 Å². The van der Waals surface area contributed by atoms with E-state index in [9.17, 15) is 9.90 Å². The van der Waals surface area contributed by atoms with Crippen molar-refractivity contribution < 1.29 is 9.90 Å². The molecule has 1 saturated carbocycles. The van der Waals surface area contributed by atoms with Crippen LogP contribution in [0.1, 0.15) is 37.0 Å². The maximum Gasteiger partial charge on any atom is 0.253 e. The normalized spacial score (nSPS) is 16.4. The quantitative estimate of drug-likeness (QED) is 0.744. The molecular weight excluding hydrogens is 228 g/mol. The van der Waals surface area contributed by atoms with Crippen molar-refractivity contribution >= 4 is 11.6 Å². The molecule has 1 amide bonds. The summed E-state index contributed by atoms with van der Waals surface area (Å²) >= 11 is 0. The summed E-state index contributed by atoms with van der Waals surface area (Å²) in [6.45, 7) is 4.08. The van der Waals surface area contributed by atoms with Crippen molar-refractivity contribution in [2.24, 2.45) is 0 Å². The van der Waals surface area contributed by atoms with Gasteiger partial charge < -0.3 is 15.7 Å². The Labute approximate surface area is 107 Å². The van der Waals surface area contributed by atoms with Crippen molar-refractivity contribution in [2.45, 2.75) is 38.3 Å². The fourth-order valence-electron chi connectivity index (χ4n) is 1.90. The summed E-state index contributed by atoms with van der Waals surface area (Å²) < 4.78 is 0. The number of anilines is 1. The fourth-order valence-corrected chi connectivity index (χ4v) is 1.90. The summed E-state index contributed by atoms with van der Waals surface area (Å²) in [6, 6.07) is 7.71. The molecule has 98 valence electrons. The highest BCUT2D eigenvalue weighted by Crippen LogP contribution is 2.35. The van der Waals surface area contributed by atoms with Crippen molar-refractivity contribution in [3.63, 3.8) is 0 Å². The second-order valence-electron chi connectivity index (χ2n) is 5.24. The SMILES string of the molecule is CC(C)Nc1ccccc1C(=O)NC1(CO)CC1. The van der Waals surface area contributed by atoms with Crippen LogP contribution in [0, 0.1) is 0 Å². The third-order valence-corrected chi connectivity index (χ3v) is 3.15. The molecule has 4 heteroatoms. The van der Waals surface area contributed by atoms with Gasteiger partial charge in [0, 0.05) is 11.7 Å². The molecule has 0 heterocycles. The standard InChI is InChI=1S/C14H20N2O2/c1-10(2)15-12-6-4-3-5-11(12)13(18)16-14(9-17)7-8-14/h3-6,10,15,17H,7-9H2,1-2H3,(H,16,18). The molecule has 1 aliphatic rings. The third-order valence-electron chi connectivity index (χ3n) is 3.15. The highest BCUT2D eigenvalue weighted by molar-refractivity contribution is 6.00. The van der Waals surface area contributed by atoms with Crippen LogP contribution >= 0.6 is 0 Å². The van der Waals surface area contributed by atoms with Gasteiger partial charge in [0.15, 0.2) is 0 Å². The van der Waals surface area contributed by atoms with Crippen LogP contribution in [-0.4, -0.2) is 29.2 Å². The molecule has 1 fully saturated rings. The number of hydrogen-bond donors (Lipinski definition) is 3. The first kappa shape index (κ1) is 12.9. The van der Waals surface area contributed by atoms with E-state index in [1.165, 1.54) is 0 Å². The number of para-hydroxylation sites is 1. The van der Waals surface area contributed by atoms with E-state index in [0.717, 1.165) is 18.5 Å². The van der Waals surface area contributed by atoms with Gasteiger partial charge in [-0.25, -0.2) is 0 Å². The van der Waals surface area contributed by atoms with Gasteiger partial charge in [-0.2, -0.15) is 0 Å². The van der Waals surface area contributed by atoms with E-state index in [1.807, 2.05) is 32.0 Å². The van der Waals surface area contributed by atoms with Gasteiger partial charge in [0.1, 0.15) is 0 Å². The zero-order valence-corrected chi connectivity index (χ0v) is 10.9. The molecule has 2 rings (SSSR count). The van der Waals surface area contributed by atoms with Crippen LogP contribution in [0.15, 0.2) is 24.3 Å². The highest BCUT2D eigenvalue weighted by Gasteiger charge is 2.43. The molecule has 0 spiro atoms. The number of carbonyl (C=O) groups excluding carboxylic acids is 1. The predicted octanol–water partition coefficient (Wildman–Crippen LogP) is 1.76. The van der Waals surface area contributed by atoms with E-state index in [2.05, 4.69) is 10.6 Å². The molecule has 1 aromatic carbocycles. The molecule has 0 unspecified atom stereocenters. The van der Waals surface area contributed by atoms with Gasteiger partial charge in [-0.3, -0.25) is 4.79 Å². The summed E-state index contributed by atoms with van der Waals surface area (Å²) in [4.78, 5) is 12.2. The van der Waals surface area contributed by atoms with Crippen LogP contribution in [0.4, 0.5) is 5.69 Å². The lowest BCUT2D eigenvalue weighted by molar-refractivity contribution is 0.0907. The lowest BCUT2D eigenvalue weighted by atomic mass is 10.1. The highest BCUT2D eigenvalue weighted by atomic mass is 16.3. The average molecular weight is 248 g/mol. The third kappa shape index (κ3) is 2.82. The van der Waals surface area contributed by atoms with Crippen molar-refractivity contribution in [3.05, 3.63) is 29.8 Å². The zero-order valence-electron chi connectivity index (χ0n) is 10.9. The molecule has 0 saturated heterocycles. The Bertz CT molecular complexity index is 439. The Morgan fingerprint density at radius 1 is 1.39 bits per heavy atom. The Balaban J connectivity index is 2.14. The van der Waals surface area contributed by atoms with Gasteiger partial charge in [-0.15, -0.1) is 0 Å². The Morgan fingerprint density at radius 2 is 2.06 bits per heavy atom. The fraction of sp³-hybridized carbons (Fsp3) is 0.500. The van der Waals surface area contributed by atoms with E-state index < -0.39 is 0 Å². The number of aliphatic hydroxyl groups excluding tert-OH is 1. The van der Waals surface area contributed by atoms with Gasteiger partial charge in [-0.05, 0) is 38.8 Å². The molecule has 0 aliphatic heterocycles. The first-order valence-electron chi connectivity index (χ1n) is 6.35.